The van der Waals surface area contributed by atoms with Gasteiger partial charge in [0.15, 0.2) is 0 Å². The summed E-state index contributed by atoms with van der Waals surface area (Å²) in [6.07, 6.45) is 5.66. The van der Waals surface area contributed by atoms with E-state index in [9.17, 15) is 4.79 Å². The molecule has 2 fully saturated rings. The highest BCUT2D eigenvalue weighted by atomic mass is 16.2. The summed E-state index contributed by atoms with van der Waals surface area (Å²) in [5, 5.41) is 3.06. The molecule has 0 aromatic rings. The third-order valence-corrected chi connectivity index (χ3v) is 4.29. The normalized spacial score (nSPS) is 27.8. The van der Waals surface area contributed by atoms with E-state index in [1.165, 1.54) is 25.9 Å². The highest BCUT2D eigenvalue weighted by Gasteiger charge is 2.48. The SMILES string of the molecule is CN1CCCC(CCNC(=O)C2(CN)CC2)C1. The topological polar surface area (TPSA) is 58.4 Å². The van der Waals surface area contributed by atoms with Crippen molar-refractivity contribution in [3.05, 3.63) is 0 Å². The van der Waals surface area contributed by atoms with Crippen LogP contribution in [-0.4, -0.2) is 44.0 Å². The first-order valence-corrected chi connectivity index (χ1v) is 6.83. The van der Waals surface area contributed by atoms with Crippen LogP contribution in [0.4, 0.5) is 0 Å². The molecule has 98 valence electrons. The van der Waals surface area contributed by atoms with Crippen molar-refractivity contribution in [2.75, 3.05) is 33.2 Å². The first kappa shape index (κ1) is 12.8. The lowest BCUT2D eigenvalue weighted by Gasteiger charge is -2.29. The van der Waals surface area contributed by atoms with Crippen molar-refractivity contribution in [2.24, 2.45) is 17.1 Å². The van der Waals surface area contributed by atoms with E-state index in [2.05, 4.69) is 17.3 Å². The van der Waals surface area contributed by atoms with E-state index < -0.39 is 0 Å². The van der Waals surface area contributed by atoms with Crippen molar-refractivity contribution < 1.29 is 4.79 Å². The van der Waals surface area contributed by atoms with Gasteiger partial charge in [-0.3, -0.25) is 4.79 Å². The molecular formula is C13H25N3O. The third kappa shape index (κ3) is 3.19. The number of hydrogen-bond acceptors (Lipinski definition) is 3. The molecule has 0 aromatic carbocycles. The second-order valence-electron chi connectivity index (χ2n) is 5.80. The van der Waals surface area contributed by atoms with E-state index >= 15 is 0 Å². The minimum absolute atomic E-state index is 0.184. The van der Waals surface area contributed by atoms with Crippen molar-refractivity contribution in [3.8, 4) is 0 Å². The highest BCUT2D eigenvalue weighted by Crippen LogP contribution is 2.44. The van der Waals surface area contributed by atoms with Crippen LogP contribution in [0.1, 0.15) is 32.1 Å². The number of nitrogens with two attached hydrogens (primary N) is 1. The molecule has 1 saturated carbocycles. The third-order valence-electron chi connectivity index (χ3n) is 4.29. The molecule has 3 N–H and O–H groups in total. The molecule has 17 heavy (non-hydrogen) atoms. The Hall–Kier alpha value is -0.610. The molecule has 0 aromatic heterocycles. The number of likely N-dealkylation sites (tertiary alicyclic amines) is 1. The van der Waals surface area contributed by atoms with Gasteiger partial charge in [0, 0.05) is 19.6 Å². The number of carbonyl (C=O) groups excluding carboxylic acids is 1. The summed E-state index contributed by atoms with van der Waals surface area (Å²) >= 11 is 0. The fourth-order valence-corrected chi connectivity index (χ4v) is 2.76. The number of piperidine rings is 1. The number of rotatable bonds is 5. The molecule has 2 rings (SSSR count). The predicted octanol–water partition coefficient (Wildman–Crippen LogP) is 0.573. The molecule has 1 saturated heterocycles. The Kier molecular flexibility index (Phi) is 4.05. The first-order chi connectivity index (χ1) is 8.16. The molecule has 0 bridgehead atoms. The molecule has 0 spiro atoms. The van der Waals surface area contributed by atoms with Gasteiger partial charge in [-0.2, -0.15) is 0 Å². The average Bonchev–Trinajstić information content (AvgIpc) is 3.10. The maximum Gasteiger partial charge on any atom is 0.227 e. The molecular weight excluding hydrogens is 214 g/mol. The fraction of sp³-hybridized carbons (Fsp3) is 0.923. The van der Waals surface area contributed by atoms with Gasteiger partial charge in [0.25, 0.3) is 0 Å². The van der Waals surface area contributed by atoms with Crippen LogP contribution in [0.15, 0.2) is 0 Å². The van der Waals surface area contributed by atoms with Gasteiger partial charge in [0.05, 0.1) is 5.41 Å². The number of carbonyl (C=O) groups is 1. The summed E-state index contributed by atoms with van der Waals surface area (Å²) in [6.45, 7) is 3.72. The maximum absolute atomic E-state index is 11.9. The summed E-state index contributed by atoms with van der Waals surface area (Å²) in [7, 11) is 2.18. The van der Waals surface area contributed by atoms with Crippen molar-refractivity contribution in [1.82, 2.24) is 10.2 Å². The van der Waals surface area contributed by atoms with E-state index in [0.29, 0.717) is 6.54 Å². The molecule has 1 unspecified atom stereocenters. The number of hydrogen-bond donors (Lipinski definition) is 2. The number of nitrogens with one attached hydrogen (secondary N) is 1. The average molecular weight is 239 g/mol. The smallest absolute Gasteiger partial charge is 0.227 e. The Morgan fingerprint density at radius 2 is 2.29 bits per heavy atom. The zero-order valence-corrected chi connectivity index (χ0v) is 10.9. The molecule has 1 heterocycles. The van der Waals surface area contributed by atoms with Crippen molar-refractivity contribution in [2.45, 2.75) is 32.1 Å². The number of nitrogens with zero attached hydrogens (tertiary/aromatic N) is 1. The van der Waals surface area contributed by atoms with E-state index in [4.69, 9.17) is 5.73 Å². The monoisotopic (exact) mass is 239 g/mol. The van der Waals surface area contributed by atoms with E-state index in [0.717, 1.165) is 31.7 Å². The second-order valence-corrected chi connectivity index (χ2v) is 5.80. The molecule has 2 aliphatic rings. The van der Waals surface area contributed by atoms with Crippen LogP contribution in [0.5, 0.6) is 0 Å². The zero-order valence-electron chi connectivity index (χ0n) is 10.9. The Balaban J connectivity index is 1.64. The van der Waals surface area contributed by atoms with Crippen LogP contribution in [-0.2, 0) is 4.79 Å². The van der Waals surface area contributed by atoms with Gasteiger partial charge in [-0.25, -0.2) is 0 Å². The Morgan fingerprint density at radius 3 is 2.88 bits per heavy atom. The largest absolute Gasteiger partial charge is 0.356 e. The lowest BCUT2D eigenvalue weighted by molar-refractivity contribution is -0.126. The molecule has 4 nitrogen and oxygen atoms in total. The molecule has 4 heteroatoms. The van der Waals surface area contributed by atoms with Gasteiger partial charge < -0.3 is 16.0 Å². The van der Waals surface area contributed by atoms with Gasteiger partial charge in [0.2, 0.25) is 5.91 Å². The van der Waals surface area contributed by atoms with Crippen molar-refractivity contribution in [3.63, 3.8) is 0 Å². The Morgan fingerprint density at radius 1 is 1.53 bits per heavy atom. The molecule has 1 atom stereocenters. The summed E-state index contributed by atoms with van der Waals surface area (Å²) in [5.74, 6) is 0.936. The molecule has 1 amide bonds. The van der Waals surface area contributed by atoms with E-state index in [1.807, 2.05) is 0 Å². The van der Waals surface area contributed by atoms with Gasteiger partial charge in [-0.05, 0) is 51.6 Å². The zero-order chi connectivity index (χ0) is 12.3. The second kappa shape index (κ2) is 5.36. The summed E-state index contributed by atoms with van der Waals surface area (Å²) in [5.41, 5.74) is 5.44. The standard InChI is InChI=1S/C13H25N3O/c1-16-8-2-3-11(9-16)4-7-15-12(17)13(10-14)5-6-13/h11H,2-10,14H2,1H3,(H,15,17). The summed E-state index contributed by atoms with van der Waals surface area (Å²) in [6, 6.07) is 0. The first-order valence-electron chi connectivity index (χ1n) is 6.83. The van der Waals surface area contributed by atoms with Crippen LogP contribution in [0.3, 0.4) is 0 Å². The van der Waals surface area contributed by atoms with Crippen LogP contribution in [0.25, 0.3) is 0 Å². The summed E-state index contributed by atoms with van der Waals surface area (Å²) < 4.78 is 0. The van der Waals surface area contributed by atoms with Crippen LogP contribution in [0.2, 0.25) is 0 Å². The number of amides is 1. The summed E-state index contributed by atoms with van der Waals surface area (Å²) in [4.78, 5) is 14.2. The minimum Gasteiger partial charge on any atom is -0.356 e. The van der Waals surface area contributed by atoms with E-state index in [1.54, 1.807) is 0 Å². The van der Waals surface area contributed by atoms with Crippen molar-refractivity contribution >= 4 is 5.91 Å². The predicted molar refractivity (Wildman–Crippen MR) is 68.6 cm³/mol. The van der Waals surface area contributed by atoms with Gasteiger partial charge in [-0.15, -0.1) is 0 Å². The lowest BCUT2D eigenvalue weighted by atomic mass is 9.95. The van der Waals surface area contributed by atoms with Crippen LogP contribution >= 0.6 is 0 Å². The lowest BCUT2D eigenvalue weighted by Crippen LogP contribution is -2.39. The maximum atomic E-state index is 11.9. The quantitative estimate of drug-likeness (QED) is 0.737. The van der Waals surface area contributed by atoms with Crippen LogP contribution < -0.4 is 11.1 Å². The van der Waals surface area contributed by atoms with Crippen LogP contribution in [0, 0.1) is 11.3 Å². The Bertz CT molecular complexity index is 276. The molecule has 0 radical (unpaired) electrons. The van der Waals surface area contributed by atoms with Gasteiger partial charge in [-0.1, -0.05) is 0 Å². The fourth-order valence-electron chi connectivity index (χ4n) is 2.76. The Labute approximate surface area is 104 Å². The van der Waals surface area contributed by atoms with E-state index in [-0.39, 0.29) is 11.3 Å². The minimum atomic E-state index is -0.191. The highest BCUT2D eigenvalue weighted by molar-refractivity contribution is 5.85. The van der Waals surface area contributed by atoms with Crippen molar-refractivity contribution in [1.29, 1.82) is 0 Å². The molecule has 1 aliphatic carbocycles. The van der Waals surface area contributed by atoms with Gasteiger partial charge >= 0.3 is 0 Å². The molecule has 1 aliphatic heterocycles. The van der Waals surface area contributed by atoms with Gasteiger partial charge in [0.1, 0.15) is 0 Å².